The van der Waals surface area contributed by atoms with Gasteiger partial charge in [-0.05, 0) is 59.1 Å². The molecule has 0 bridgehead atoms. The zero-order valence-electron chi connectivity index (χ0n) is 9.63. The molecular weight excluding hydrogens is 301 g/mol. The molecule has 0 spiro atoms. The predicted molar refractivity (Wildman–Crippen MR) is 73.9 cm³/mol. The maximum atomic E-state index is 13.3. The second-order valence-electron chi connectivity index (χ2n) is 4.09. The number of thiophene rings is 1. The molecule has 1 heterocycles. The molecule has 0 fully saturated rings. The Morgan fingerprint density at radius 1 is 1.24 bits per heavy atom. The molecule has 1 aromatic heterocycles. The first-order valence-corrected chi connectivity index (χ1v) is 6.87. The van der Waals surface area contributed by atoms with Gasteiger partial charge in [0.1, 0.15) is 5.82 Å². The van der Waals surface area contributed by atoms with Crippen molar-refractivity contribution < 1.29 is 4.39 Å². The average molecular weight is 314 g/mol. The first kappa shape index (κ1) is 12.7. The van der Waals surface area contributed by atoms with Gasteiger partial charge in [0.25, 0.3) is 0 Å². The minimum Gasteiger partial charge on any atom is -0.320 e. The summed E-state index contributed by atoms with van der Waals surface area (Å²) in [6, 6.07) is 6.67. The van der Waals surface area contributed by atoms with Crippen molar-refractivity contribution in [3.63, 3.8) is 0 Å². The summed E-state index contributed by atoms with van der Waals surface area (Å²) in [6.07, 6.45) is 0. The van der Waals surface area contributed by atoms with E-state index in [0.29, 0.717) is 0 Å². The normalized spacial score (nSPS) is 12.8. The molecule has 0 saturated heterocycles. The lowest BCUT2D eigenvalue weighted by Crippen LogP contribution is -2.10. The van der Waals surface area contributed by atoms with Gasteiger partial charge in [-0.15, -0.1) is 11.3 Å². The van der Waals surface area contributed by atoms with Crippen LogP contribution in [0.4, 0.5) is 4.39 Å². The smallest absolute Gasteiger partial charge is 0.123 e. The molecule has 2 N–H and O–H groups in total. The van der Waals surface area contributed by atoms with Crippen LogP contribution in [0.5, 0.6) is 0 Å². The van der Waals surface area contributed by atoms with Gasteiger partial charge in [0.15, 0.2) is 0 Å². The largest absolute Gasteiger partial charge is 0.320 e. The second-order valence-corrected chi connectivity index (χ2v) is 6.23. The second kappa shape index (κ2) is 4.88. The Morgan fingerprint density at radius 3 is 2.47 bits per heavy atom. The summed E-state index contributed by atoms with van der Waals surface area (Å²) in [5.74, 6) is -0.234. The van der Waals surface area contributed by atoms with Crippen molar-refractivity contribution in [3.8, 4) is 0 Å². The van der Waals surface area contributed by atoms with Gasteiger partial charge in [-0.25, -0.2) is 4.39 Å². The maximum absolute atomic E-state index is 13.3. The van der Waals surface area contributed by atoms with E-state index in [1.54, 1.807) is 11.3 Å². The molecule has 0 saturated carbocycles. The van der Waals surface area contributed by atoms with E-state index < -0.39 is 0 Å². The molecule has 1 aromatic carbocycles. The highest BCUT2D eigenvalue weighted by Crippen LogP contribution is 2.32. The number of aryl methyl sites for hydroxylation is 2. The van der Waals surface area contributed by atoms with Gasteiger partial charge < -0.3 is 5.73 Å². The number of rotatable bonds is 2. The highest BCUT2D eigenvalue weighted by atomic mass is 79.9. The third kappa shape index (κ3) is 2.76. The Bertz CT molecular complexity index is 511. The summed E-state index contributed by atoms with van der Waals surface area (Å²) >= 11 is 5.10. The topological polar surface area (TPSA) is 26.0 Å². The van der Waals surface area contributed by atoms with E-state index in [1.165, 1.54) is 17.0 Å². The van der Waals surface area contributed by atoms with E-state index in [4.69, 9.17) is 5.73 Å². The van der Waals surface area contributed by atoms with E-state index in [1.807, 2.05) is 26.0 Å². The summed E-state index contributed by atoms with van der Waals surface area (Å²) in [4.78, 5) is 2.22. The van der Waals surface area contributed by atoms with Crippen LogP contribution in [0.1, 0.15) is 26.9 Å². The summed E-state index contributed by atoms with van der Waals surface area (Å²) in [7, 11) is 0. The van der Waals surface area contributed by atoms with Crippen LogP contribution in [0.15, 0.2) is 28.7 Å². The van der Waals surface area contributed by atoms with Gasteiger partial charge in [-0.2, -0.15) is 0 Å². The lowest BCUT2D eigenvalue weighted by molar-refractivity contribution is 0.622. The fourth-order valence-corrected chi connectivity index (χ4v) is 3.33. The Labute approximate surface area is 113 Å². The molecule has 2 aromatic rings. The van der Waals surface area contributed by atoms with Crippen LogP contribution in [0.25, 0.3) is 0 Å². The van der Waals surface area contributed by atoms with E-state index in [2.05, 4.69) is 15.9 Å². The molecule has 0 aliphatic rings. The monoisotopic (exact) mass is 313 g/mol. The van der Waals surface area contributed by atoms with Gasteiger partial charge in [-0.3, -0.25) is 0 Å². The number of hydrogen-bond acceptors (Lipinski definition) is 2. The van der Waals surface area contributed by atoms with Crippen molar-refractivity contribution in [3.05, 3.63) is 55.4 Å². The summed E-state index contributed by atoms with van der Waals surface area (Å²) < 4.78 is 14.4. The van der Waals surface area contributed by atoms with Crippen molar-refractivity contribution in [2.75, 3.05) is 0 Å². The fourth-order valence-electron chi connectivity index (χ4n) is 1.74. The zero-order valence-corrected chi connectivity index (χ0v) is 12.0. The highest BCUT2D eigenvalue weighted by Gasteiger charge is 2.14. The molecule has 90 valence electrons. The molecule has 2 rings (SSSR count). The maximum Gasteiger partial charge on any atom is 0.123 e. The fraction of sp³-hybridized carbons (Fsp3) is 0.231. The van der Waals surface area contributed by atoms with Gasteiger partial charge in [-0.1, -0.05) is 6.07 Å². The van der Waals surface area contributed by atoms with E-state index >= 15 is 0 Å². The van der Waals surface area contributed by atoms with Crippen LogP contribution in [0.2, 0.25) is 0 Å². The quantitative estimate of drug-likeness (QED) is 0.878. The first-order chi connectivity index (χ1) is 7.97. The lowest BCUT2D eigenvalue weighted by atomic mass is 10.0. The minimum atomic E-state index is -0.264. The molecule has 4 heteroatoms. The summed E-state index contributed by atoms with van der Waals surface area (Å²) in [6.45, 7) is 3.90. The Kier molecular flexibility index (Phi) is 3.66. The van der Waals surface area contributed by atoms with Crippen molar-refractivity contribution in [1.29, 1.82) is 0 Å². The predicted octanol–water partition coefficient (Wildman–Crippen LogP) is 4.31. The van der Waals surface area contributed by atoms with E-state index in [9.17, 15) is 4.39 Å². The van der Waals surface area contributed by atoms with E-state index in [0.717, 1.165) is 20.5 Å². The van der Waals surface area contributed by atoms with Gasteiger partial charge >= 0.3 is 0 Å². The number of halogens is 2. The molecule has 0 aliphatic heterocycles. The molecule has 1 nitrogen and oxygen atoms in total. The van der Waals surface area contributed by atoms with Crippen molar-refractivity contribution >= 4 is 27.3 Å². The number of benzene rings is 1. The van der Waals surface area contributed by atoms with Crippen LogP contribution < -0.4 is 5.73 Å². The van der Waals surface area contributed by atoms with Crippen molar-refractivity contribution in [1.82, 2.24) is 0 Å². The van der Waals surface area contributed by atoms with Crippen molar-refractivity contribution in [2.24, 2.45) is 5.73 Å². The molecular formula is C13H13BrFNS. The molecule has 0 radical (unpaired) electrons. The highest BCUT2D eigenvalue weighted by molar-refractivity contribution is 9.10. The average Bonchev–Trinajstić information content (AvgIpc) is 2.57. The molecule has 1 unspecified atom stereocenters. The lowest BCUT2D eigenvalue weighted by Gasteiger charge is -2.11. The SMILES string of the molecule is Cc1cc(F)cc(C(N)c2cc(Br)c(C)s2)c1. The van der Waals surface area contributed by atoms with Gasteiger partial charge in [0, 0.05) is 14.2 Å². The van der Waals surface area contributed by atoms with Gasteiger partial charge in [0.2, 0.25) is 0 Å². The van der Waals surface area contributed by atoms with Crippen LogP contribution in [0.3, 0.4) is 0 Å². The molecule has 0 amide bonds. The molecule has 1 atom stereocenters. The third-order valence-corrected chi connectivity index (χ3v) is 4.83. The minimum absolute atomic E-state index is 0.234. The zero-order chi connectivity index (χ0) is 12.6. The first-order valence-electron chi connectivity index (χ1n) is 5.26. The van der Waals surface area contributed by atoms with E-state index in [-0.39, 0.29) is 11.9 Å². The molecule has 0 aliphatic carbocycles. The van der Waals surface area contributed by atoms with Crippen LogP contribution in [-0.2, 0) is 0 Å². The molecule has 17 heavy (non-hydrogen) atoms. The number of hydrogen-bond donors (Lipinski definition) is 1. The van der Waals surface area contributed by atoms with Crippen LogP contribution in [0, 0.1) is 19.7 Å². The van der Waals surface area contributed by atoms with Crippen LogP contribution >= 0.6 is 27.3 Å². The summed E-state index contributed by atoms with van der Waals surface area (Å²) in [5.41, 5.74) is 7.87. The Balaban J connectivity index is 2.39. The number of nitrogens with two attached hydrogens (primary N) is 1. The Hall–Kier alpha value is -0.710. The standard InChI is InChI=1S/C13H13BrFNS/c1-7-3-9(5-10(15)4-7)13(16)12-6-11(14)8(2)17-12/h3-6,13H,16H2,1-2H3. The summed E-state index contributed by atoms with van der Waals surface area (Å²) in [5, 5.41) is 0. The van der Waals surface area contributed by atoms with Crippen LogP contribution in [-0.4, -0.2) is 0 Å². The van der Waals surface area contributed by atoms with Crippen molar-refractivity contribution in [2.45, 2.75) is 19.9 Å². The third-order valence-electron chi connectivity index (χ3n) is 2.61. The Morgan fingerprint density at radius 2 is 1.94 bits per heavy atom. The van der Waals surface area contributed by atoms with Gasteiger partial charge in [0.05, 0.1) is 6.04 Å².